The Kier molecular flexibility index (Phi) is 7.97. The van der Waals surface area contributed by atoms with E-state index in [0.717, 1.165) is 5.69 Å². The first-order valence-electron chi connectivity index (χ1n) is 12.8. The SMILES string of the molecule is CO[C@@H]1[C@@H](OC(=O)c2ccc(C)[nH]2)[C@@H](O)[C@H](Oc2ccc3c(O)c(NC(=O)C(C)C)c(=O)oc3c2C)OC1(C)C. The molecule has 1 amide bonds. The van der Waals surface area contributed by atoms with Crippen molar-refractivity contribution in [2.75, 3.05) is 12.4 Å². The van der Waals surface area contributed by atoms with E-state index in [2.05, 4.69) is 10.3 Å². The van der Waals surface area contributed by atoms with E-state index in [1.807, 2.05) is 0 Å². The van der Waals surface area contributed by atoms with E-state index >= 15 is 0 Å². The number of aromatic hydroxyl groups is 1. The lowest BCUT2D eigenvalue weighted by atomic mass is 9.89. The van der Waals surface area contributed by atoms with Gasteiger partial charge in [0.25, 0.3) is 0 Å². The number of ether oxygens (including phenoxy) is 4. The quantitative estimate of drug-likeness (QED) is 0.250. The summed E-state index contributed by atoms with van der Waals surface area (Å²) in [4.78, 5) is 40.4. The number of rotatable bonds is 7. The number of anilines is 1. The van der Waals surface area contributed by atoms with Crippen LogP contribution in [0, 0.1) is 19.8 Å². The zero-order valence-corrected chi connectivity index (χ0v) is 23.4. The number of aromatic nitrogens is 1. The second-order valence-electron chi connectivity index (χ2n) is 10.6. The third-order valence-corrected chi connectivity index (χ3v) is 6.83. The number of carbonyl (C=O) groups is 2. The minimum absolute atomic E-state index is 0.0203. The lowest BCUT2D eigenvalue weighted by molar-refractivity contribution is -0.305. The predicted octanol–water partition coefficient (Wildman–Crippen LogP) is 3.15. The number of hydrogen-bond donors (Lipinski definition) is 4. The van der Waals surface area contributed by atoms with Gasteiger partial charge in [-0.2, -0.15) is 0 Å². The number of carbonyl (C=O) groups excluding carboxylic acids is 2. The van der Waals surface area contributed by atoms with Crippen LogP contribution >= 0.6 is 0 Å². The molecule has 0 aliphatic carbocycles. The van der Waals surface area contributed by atoms with Crippen LogP contribution < -0.4 is 15.7 Å². The van der Waals surface area contributed by atoms with Crippen molar-refractivity contribution < 1.29 is 43.2 Å². The van der Waals surface area contributed by atoms with Gasteiger partial charge in [-0.25, -0.2) is 9.59 Å². The molecule has 0 radical (unpaired) electrons. The first-order valence-corrected chi connectivity index (χ1v) is 12.8. The zero-order valence-electron chi connectivity index (χ0n) is 23.4. The minimum Gasteiger partial charge on any atom is -0.505 e. The van der Waals surface area contributed by atoms with Gasteiger partial charge in [-0.1, -0.05) is 13.8 Å². The van der Waals surface area contributed by atoms with E-state index in [0.29, 0.717) is 5.56 Å². The van der Waals surface area contributed by atoms with E-state index in [1.54, 1.807) is 53.7 Å². The van der Waals surface area contributed by atoms with Crippen LogP contribution in [0.4, 0.5) is 5.69 Å². The Balaban J connectivity index is 1.65. The van der Waals surface area contributed by atoms with Crippen LogP contribution in [0.3, 0.4) is 0 Å². The molecule has 0 unspecified atom stereocenters. The van der Waals surface area contributed by atoms with E-state index in [4.69, 9.17) is 23.4 Å². The molecule has 3 heterocycles. The Morgan fingerprint density at radius 1 is 1.15 bits per heavy atom. The summed E-state index contributed by atoms with van der Waals surface area (Å²) in [5.41, 5.74) is -1.04. The third-order valence-electron chi connectivity index (χ3n) is 6.83. The fourth-order valence-corrected chi connectivity index (χ4v) is 4.62. The first kappa shape index (κ1) is 29.1. The molecule has 3 aromatic rings. The van der Waals surface area contributed by atoms with Crippen molar-refractivity contribution in [3.05, 3.63) is 51.6 Å². The van der Waals surface area contributed by atoms with Gasteiger partial charge in [0.1, 0.15) is 23.1 Å². The number of aromatic amines is 1. The number of methoxy groups -OCH3 is 1. The Labute approximate surface area is 230 Å². The van der Waals surface area contributed by atoms with Crippen molar-refractivity contribution in [1.29, 1.82) is 0 Å². The molecule has 1 aromatic carbocycles. The topological polar surface area (TPSA) is 170 Å². The molecule has 0 saturated carbocycles. The van der Waals surface area contributed by atoms with Crippen LogP contribution in [0.1, 0.15) is 49.4 Å². The van der Waals surface area contributed by atoms with Gasteiger partial charge < -0.3 is 43.9 Å². The number of aliphatic hydroxyl groups is 1. The van der Waals surface area contributed by atoms with E-state index in [-0.39, 0.29) is 28.1 Å². The van der Waals surface area contributed by atoms with Crippen molar-refractivity contribution in [2.24, 2.45) is 5.92 Å². The second kappa shape index (κ2) is 11.0. The van der Waals surface area contributed by atoms with Gasteiger partial charge in [0.15, 0.2) is 23.6 Å². The summed E-state index contributed by atoms with van der Waals surface area (Å²) >= 11 is 0. The molecule has 1 aliphatic heterocycles. The van der Waals surface area contributed by atoms with Gasteiger partial charge in [0.2, 0.25) is 12.2 Å². The maximum Gasteiger partial charge on any atom is 0.364 e. The monoisotopic (exact) mass is 558 g/mol. The molecular weight excluding hydrogens is 524 g/mol. The summed E-state index contributed by atoms with van der Waals surface area (Å²) < 4.78 is 28.7. The Morgan fingerprint density at radius 2 is 1.85 bits per heavy atom. The number of benzene rings is 1. The van der Waals surface area contributed by atoms with Gasteiger partial charge in [-0.05, 0) is 52.0 Å². The van der Waals surface area contributed by atoms with Gasteiger partial charge in [-0.15, -0.1) is 0 Å². The zero-order chi connectivity index (χ0) is 29.5. The van der Waals surface area contributed by atoms with E-state index in [9.17, 15) is 24.6 Å². The highest BCUT2D eigenvalue weighted by Crippen LogP contribution is 2.38. The number of esters is 1. The van der Waals surface area contributed by atoms with Crippen molar-refractivity contribution >= 4 is 28.5 Å². The fraction of sp³-hybridized carbons (Fsp3) is 0.464. The van der Waals surface area contributed by atoms with Gasteiger partial charge in [0, 0.05) is 24.3 Å². The van der Waals surface area contributed by atoms with Crippen molar-refractivity contribution in [2.45, 2.75) is 71.7 Å². The molecule has 1 fully saturated rings. The van der Waals surface area contributed by atoms with E-state index < -0.39 is 59.4 Å². The molecule has 1 saturated heterocycles. The minimum atomic E-state index is -1.47. The van der Waals surface area contributed by atoms with Crippen LogP contribution in [0.2, 0.25) is 0 Å². The molecule has 40 heavy (non-hydrogen) atoms. The normalized spacial score (nSPS) is 22.3. The highest BCUT2D eigenvalue weighted by Gasteiger charge is 2.53. The Morgan fingerprint density at radius 3 is 2.45 bits per heavy atom. The summed E-state index contributed by atoms with van der Waals surface area (Å²) in [5.74, 6) is -1.84. The smallest absolute Gasteiger partial charge is 0.364 e. The van der Waals surface area contributed by atoms with E-state index in [1.165, 1.54) is 19.2 Å². The Hall–Kier alpha value is -3.87. The largest absolute Gasteiger partial charge is 0.505 e. The highest BCUT2D eigenvalue weighted by molar-refractivity contribution is 5.98. The number of amides is 1. The molecule has 4 N–H and O–H groups in total. The van der Waals surface area contributed by atoms with Gasteiger partial charge in [-0.3, -0.25) is 4.79 Å². The lowest BCUT2D eigenvalue weighted by Gasteiger charge is -2.47. The number of aryl methyl sites for hydroxylation is 2. The van der Waals surface area contributed by atoms with Crippen molar-refractivity contribution in [3.8, 4) is 11.5 Å². The lowest BCUT2D eigenvalue weighted by Crippen LogP contribution is -2.65. The van der Waals surface area contributed by atoms with Crippen LogP contribution in [0.25, 0.3) is 11.0 Å². The fourth-order valence-electron chi connectivity index (χ4n) is 4.62. The molecular formula is C28H34N2O10. The molecule has 12 nitrogen and oxygen atoms in total. The van der Waals surface area contributed by atoms with Crippen LogP contribution in [0.15, 0.2) is 33.5 Å². The third kappa shape index (κ3) is 5.42. The number of aliphatic hydroxyl groups excluding tert-OH is 1. The van der Waals surface area contributed by atoms with Gasteiger partial charge >= 0.3 is 11.6 Å². The maximum absolute atomic E-state index is 12.8. The van der Waals surface area contributed by atoms with Crippen molar-refractivity contribution in [1.82, 2.24) is 4.98 Å². The summed E-state index contributed by atoms with van der Waals surface area (Å²) in [6.45, 7) is 10.1. The summed E-state index contributed by atoms with van der Waals surface area (Å²) in [7, 11) is 1.42. The predicted molar refractivity (Wildman–Crippen MR) is 143 cm³/mol. The van der Waals surface area contributed by atoms with Crippen LogP contribution in [-0.2, 0) is 19.0 Å². The number of H-pyrrole nitrogens is 1. The molecule has 2 aromatic heterocycles. The Bertz CT molecular complexity index is 1490. The standard InChI is InChI=1S/C28H34N2O10/c1-12(2)24(33)30-18-19(31)15-9-11-17(14(4)21(15)38-26(18)35)37-27-20(32)22(23(36-7)28(5,6)40-27)39-25(34)16-10-8-13(3)29-16/h8-12,20,22-23,27,29,31-32H,1-7H3,(H,30,33)/t20-,22+,23-,27-/m1/s1. The van der Waals surface area contributed by atoms with Gasteiger partial charge in [0.05, 0.1) is 11.0 Å². The molecule has 4 rings (SSSR count). The average molecular weight is 559 g/mol. The number of hydrogen-bond acceptors (Lipinski definition) is 10. The van der Waals surface area contributed by atoms with Crippen LogP contribution in [-0.4, -0.2) is 64.4 Å². The second-order valence-corrected chi connectivity index (χ2v) is 10.6. The molecule has 4 atom stereocenters. The number of fused-ring (bicyclic) bond motifs is 1. The summed E-state index contributed by atoms with van der Waals surface area (Å²) in [6, 6.07) is 6.25. The number of nitrogens with one attached hydrogen (secondary N) is 2. The average Bonchev–Trinajstić information content (AvgIpc) is 3.32. The molecule has 0 bridgehead atoms. The van der Waals surface area contributed by atoms with Crippen LogP contribution in [0.5, 0.6) is 11.5 Å². The first-order chi connectivity index (χ1) is 18.7. The summed E-state index contributed by atoms with van der Waals surface area (Å²) in [6.07, 6.45) is -4.79. The molecule has 12 heteroatoms. The van der Waals surface area contributed by atoms with Crippen molar-refractivity contribution in [3.63, 3.8) is 0 Å². The molecule has 1 aliphatic rings. The molecule has 216 valence electrons. The summed E-state index contributed by atoms with van der Waals surface area (Å²) in [5, 5.41) is 24.5. The molecule has 0 spiro atoms. The maximum atomic E-state index is 12.8. The highest BCUT2D eigenvalue weighted by atomic mass is 16.7.